The van der Waals surface area contributed by atoms with Crippen LogP contribution in [0.2, 0.25) is 0 Å². The molecule has 8 nitrogen and oxygen atoms in total. The van der Waals surface area contributed by atoms with Gasteiger partial charge >= 0.3 is 0 Å². The molecule has 4 aromatic rings. The van der Waals surface area contributed by atoms with Crippen molar-refractivity contribution >= 4 is 22.6 Å². The molecule has 2 aromatic heterocycles. The van der Waals surface area contributed by atoms with Crippen LogP contribution in [0, 0.1) is 0 Å². The molecule has 2 aromatic carbocycles. The number of para-hydroxylation sites is 1. The van der Waals surface area contributed by atoms with Crippen molar-refractivity contribution in [2.45, 2.75) is 38.1 Å². The summed E-state index contributed by atoms with van der Waals surface area (Å²) in [6.45, 7) is 5.19. The van der Waals surface area contributed by atoms with E-state index in [-0.39, 0.29) is 17.6 Å². The van der Waals surface area contributed by atoms with Gasteiger partial charge in [-0.1, -0.05) is 42.5 Å². The molecule has 0 bridgehead atoms. The molecule has 6 rings (SSSR count). The summed E-state index contributed by atoms with van der Waals surface area (Å²) < 4.78 is 1.60. The van der Waals surface area contributed by atoms with Crippen molar-refractivity contribution in [2.75, 3.05) is 19.6 Å². The van der Waals surface area contributed by atoms with Gasteiger partial charge in [0.1, 0.15) is 12.0 Å². The number of amides is 2. The van der Waals surface area contributed by atoms with E-state index in [9.17, 15) is 9.59 Å². The van der Waals surface area contributed by atoms with Crippen LogP contribution >= 0.6 is 0 Å². The Kier molecular flexibility index (Phi) is 5.32. The molecule has 0 spiro atoms. The number of carbonyl (C=O) groups excluding carboxylic acids is 2. The topological polar surface area (TPSA) is 84.2 Å². The minimum atomic E-state index is -0.584. The normalized spacial score (nSPS) is 17.4. The Bertz CT molecular complexity index is 1460. The molecule has 3 heterocycles. The fourth-order valence-electron chi connectivity index (χ4n) is 5.06. The number of nitrogens with zero attached hydrogens (tertiary/aromatic N) is 6. The Balaban J connectivity index is 1.21. The molecule has 0 N–H and O–H groups in total. The van der Waals surface area contributed by atoms with Gasteiger partial charge in [0.2, 0.25) is 5.82 Å². The highest BCUT2D eigenvalue weighted by Crippen LogP contribution is 2.42. The van der Waals surface area contributed by atoms with Gasteiger partial charge in [0.15, 0.2) is 0 Å². The zero-order valence-electron chi connectivity index (χ0n) is 20.5. The van der Waals surface area contributed by atoms with Crippen LogP contribution in [-0.4, -0.2) is 66.5 Å². The average Bonchev–Trinajstić information content (AvgIpc) is 3.62. The van der Waals surface area contributed by atoms with E-state index in [0.717, 1.165) is 35.0 Å². The first-order valence-corrected chi connectivity index (χ1v) is 12.4. The van der Waals surface area contributed by atoms with Crippen LogP contribution in [0.5, 0.6) is 0 Å². The van der Waals surface area contributed by atoms with Gasteiger partial charge in [-0.2, -0.15) is 0 Å². The average molecular weight is 481 g/mol. The molecule has 1 aliphatic carbocycles. The number of piperazine rings is 1. The predicted octanol–water partition coefficient (Wildman–Crippen LogP) is 4.07. The highest BCUT2D eigenvalue weighted by molar-refractivity contribution is 5.98. The predicted molar refractivity (Wildman–Crippen MR) is 136 cm³/mol. The molecule has 36 heavy (non-hydrogen) atoms. The first-order valence-electron chi connectivity index (χ1n) is 12.4. The second-order valence-corrected chi connectivity index (χ2v) is 10.2. The third kappa shape index (κ3) is 4.02. The lowest BCUT2D eigenvalue weighted by Gasteiger charge is -2.46. The fraction of sp³-hybridized carbons (Fsp3) is 0.321. The lowest BCUT2D eigenvalue weighted by atomic mass is 9.97. The second-order valence-electron chi connectivity index (χ2n) is 10.2. The quantitative estimate of drug-likeness (QED) is 0.440. The molecule has 8 heteroatoms. The van der Waals surface area contributed by atoms with Gasteiger partial charge in [-0.3, -0.25) is 9.59 Å². The zero-order valence-corrected chi connectivity index (χ0v) is 20.5. The lowest BCUT2D eigenvalue weighted by Crippen LogP contribution is -2.62. The molecule has 1 saturated heterocycles. The van der Waals surface area contributed by atoms with Gasteiger partial charge in [0.25, 0.3) is 11.8 Å². The maximum atomic E-state index is 13.6. The molecule has 2 aliphatic rings. The largest absolute Gasteiger partial charge is 0.333 e. The summed E-state index contributed by atoms with van der Waals surface area (Å²) in [5.41, 5.74) is 1.77. The van der Waals surface area contributed by atoms with Crippen molar-refractivity contribution in [3.63, 3.8) is 0 Å². The number of aromatic nitrogens is 4. The maximum absolute atomic E-state index is 13.6. The summed E-state index contributed by atoms with van der Waals surface area (Å²) in [5.74, 6) is 0.268. The van der Waals surface area contributed by atoms with Crippen LogP contribution in [0.4, 0.5) is 0 Å². The van der Waals surface area contributed by atoms with Crippen LogP contribution in [-0.2, 0) is 0 Å². The molecular weight excluding hydrogens is 452 g/mol. The van der Waals surface area contributed by atoms with Crippen LogP contribution in [0.1, 0.15) is 59.4 Å². The van der Waals surface area contributed by atoms with Crippen LogP contribution in [0.15, 0.2) is 67.0 Å². The molecule has 182 valence electrons. The van der Waals surface area contributed by atoms with E-state index < -0.39 is 5.54 Å². The van der Waals surface area contributed by atoms with E-state index in [1.165, 1.54) is 0 Å². The highest BCUT2D eigenvalue weighted by Gasteiger charge is 2.40. The Labute approximate surface area is 209 Å². The summed E-state index contributed by atoms with van der Waals surface area (Å²) >= 11 is 0. The molecule has 0 unspecified atom stereocenters. The van der Waals surface area contributed by atoms with E-state index >= 15 is 0 Å². The molecule has 1 saturated carbocycles. The van der Waals surface area contributed by atoms with E-state index in [1.807, 2.05) is 73.3 Å². The van der Waals surface area contributed by atoms with Crippen molar-refractivity contribution < 1.29 is 9.59 Å². The van der Waals surface area contributed by atoms with Crippen molar-refractivity contribution in [1.29, 1.82) is 0 Å². The molecule has 1 aliphatic heterocycles. The van der Waals surface area contributed by atoms with Gasteiger partial charge in [-0.05, 0) is 50.3 Å². The van der Waals surface area contributed by atoms with E-state index in [4.69, 9.17) is 4.98 Å². The first kappa shape index (κ1) is 22.4. The first-order chi connectivity index (χ1) is 17.4. The number of hydrogen-bond acceptors (Lipinski definition) is 5. The minimum Gasteiger partial charge on any atom is -0.333 e. The van der Waals surface area contributed by atoms with Crippen LogP contribution in [0.25, 0.3) is 16.5 Å². The SMILES string of the molecule is CC1(C)CN(C(=O)c2cc3ccccc3c(C3CC3)n2)CCN1C(=O)c1ncn(-c2ccccc2)n1. The van der Waals surface area contributed by atoms with Gasteiger partial charge in [-0.15, -0.1) is 5.10 Å². The van der Waals surface area contributed by atoms with E-state index in [1.54, 1.807) is 15.9 Å². The Hall–Kier alpha value is -4.07. The summed E-state index contributed by atoms with van der Waals surface area (Å²) in [6, 6.07) is 19.6. The van der Waals surface area contributed by atoms with Crippen LogP contribution in [0.3, 0.4) is 0 Å². The lowest BCUT2D eigenvalue weighted by molar-refractivity contribution is 0.0158. The maximum Gasteiger partial charge on any atom is 0.294 e. The Morgan fingerprint density at radius 2 is 1.69 bits per heavy atom. The number of pyridine rings is 1. The van der Waals surface area contributed by atoms with E-state index in [0.29, 0.717) is 31.2 Å². The smallest absolute Gasteiger partial charge is 0.294 e. The zero-order chi connectivity index (χ0) is 24.9. The third-order valence-electron chi connectivity index (χ3n) is 7.09. The highest BCUT2D eigenvalue weighted by atomic mass is 16.2. The number of fused-ring (bicyclic) bond motifs is 1. The number of benzene rings is 2. The van der Waals surface area contributed by atoms with Crippen LogP contribution < -0.4 is 0 Å². The summed E-state index contributed by atoms with van der Waals surface area (Å²) in [5, 5.41) is 6.59. The van der Waals surface area contributed by atoms with Crippen molar-refractivity contribution in [1.82, 2.24) is 29.5 Å². The minimum absolute atomic E-state index is 0.0886. The third-order valence-corrected chi connectivity index (χ3v) is 7.09. The molecule has 0 atom stereocenters. The standard InChI is InChI=1S/C28H28N6O2/c1-28(2)17-32(26(35)23-16-20-8-6-7-11-22(20)24(30-23)19-12-13-19)14-15-33(28)27(36)25-29-18-34(31-25)21-9-4-3-5-10-21/h3-11,16,18-19H,12-15,17H2,1-2H3. The fourth-order valence-corrected chi connectivity index (χ4v) is 5.06. The summed E-state index contributed by atoms with van der Waals surface area (Å²) in [4.78, 5) is 39.6. The monoisotopic (exact) mass is 480 g/mol. The molecule has 2 fully saturated rings. The molecule has 2 amide bonds. The van der Waals surface area contributed by atoms with Crippen molar-refractivity contribution in [3.8, 4) is 5.69 Å². The second kappa shape index (κ2) is 8.55. The Morgan fingerprint density at radius 3 is 2.44 bits per heavy atom. The number of carbonyl (C=O) groups is 2. The number of rotatable bonds is 4. The summed E-state index contributed by atoms with van der Waals surface area (Å²) in [7, 11) is 0. The molecular formula is C28H28N6O2. The Morgan fingerprint density at radius 1 is 0.944 bits per heavy atom. The van der Waals surface area contributed by atoms with Crippen molar-refractivity contribution in [3.05, 3.63) is 84.2 Å². The van der Waals surface area contributed by atoms with Gasteiger partial charge < -0.3 is 9.80 Å². The van der Waals surface area contributed by atoms with E-state index in [2.05, 4.69) is 16.1 Å². The molecule has 0 radical (unpaired) electrons. The van der Waals surface area contributed by atoms with Gasteiger partial charge in [0.05, 0.1) is 16.9 Å². The van der Waals surface area contributed by atoms with Gasteiger partial charge in [-0.25, -0.2) is 14.6 Å². The van der Waals surface area contributed by atoms with Crippen molar-refractivity contribution in [2.24, 2.45) is 0 Å². The van der Waals surface area contributed by atoms with Gasteiger partial charge in [0, 0.05) is 30.9 Å². The summed E-state index contributed by atoms with van der Waals surface area (Å²) in [6.07, 6.45) is 3.80. The number of hydrogen-bond donors (Lipinski definition) is 0.